The third-order valence-corrected chi connectivity index (χ3v) is 4.83. The van der Waals surface area contributed by atoms with E-state index >= 15 is 0 Å². The summed E-state index contributed by atoms with van der Waals surface area (Å²) in [6.07, 6.45) is 2.69. The van der Waals surface area contributed by atoms with Gasteiger partial charge in [0, 0.05) is 37.4 Å². The monoisotopic (exact) mass is 361 g/mol. The molecule has 0 saturated carbocycles. The quantitative estimate of drug-likeness (QED) is 0.749. The number of carbonyl (C=O) groups is 1. The summed E-state index contributed by atoms with van der Waals surface area (Å²) >= 11 is 0. The number of amides is 2. The highest BCUT2D eigenvalue weighted by atomic mass is 16.2. The number of urea groups is 1. The van der Waals surface area contributed by atoms with Crippen molar-refractivity contribution in [1.29, 1.82) is 0 Å². The number of nitrogens with one attached hydrogen (secondary N) is 2. The van der Waals surface area contributed by atoms with Crippen molar-refractivity contribution in [2.45, 2.75) is 19.4 Å². The average molecular weight is 361 g/mol. The predicted octanol–water partition coefficient (Wildman–Crippen LogP) is 3.19. The zero-order valence-corrected chi connectivity index (χ0v) is 15.4. The van der Waals surface area contributed by atoms with Crippen LogP contribution < -0.4 is 15.5 Å². The van der Waals surface area contributed by atoms with Crippen LogP contribution >= 0.6 is 0 Å². The number of hydrogen-bond donors (Lipinski definition) is 2. The van der Waals surface area contributed by atoms with Crippen LogP contribution in [0.3, 0.4) is 0 Å². The Bertz CT molecular complexity index is 958. The average Bonchev–Trinajstić information content (AvgIpc) is 3.16. The molecule has 1 fully saturated rings. The number of carbonyl (C=O) groups excluding carboxylic acids is 1. The first-order valence-corrected chi connectivity index (χ1v) is 9.34. The third kappa shape index (κ3) is 3.84. The largest absolute Gasteiger partial charge is 0.339 e. The number of hydrogen-bond acceptors (Lipinski definition) is 4. The molecule has 27 heavy (non-hydrogen) atoms. The zero-order chi connectivity index (χ0) is 18.6. The topological polar surface area (TPSA) is 70.2 Å². The predicted molar refractivity (Wildman–Crippen MR) is 108 cm³/mol. The van der Waals surface area contributed by atoms with Gasteiger partial charge in [0.15, 0.2) is 0 Å². The summed E-state index contributed by atoms with van der Waals surface area (Å²) in [5, 5.41) is 8.18. The molecular weight excluding hydrogens is 338 g/mol. The summed E-state index contributed by atoms with van der Waals surface area (Å²) in [6.45, 7) is 4.09. The smallest absolute Gasteiger partial charge is 0.315 e. The molecule has 2 heterocycles. The fraction of sp³-hybridized carbons (Fsp3) is 0.286. The van der Waals surface area contributed by atoms with Crippen LogP contribution in [0.2, 0.25) is 0 Å². The highest BCUT2D eigenvalue weighted by molar-refractivity contribution is 5.86. The molecule has 1 aromatic heterocycles. The summed E-state index contributed by atoms with van der Waals surface area (Å²) in [7, 11) is 0. The molecule has 138 valence electrons. The lowest BCUT2D eigenvalue weighted by molar-refractivity contribution is 0.238. The molecule has 1 saturated heterocycles. The maximum atomic E-state index is 11.7. The van der Waals surface area contributed by atoms with Gasteiger partial charge in [0.1, 0.15) is 0 Å². The molecule has 0 spiro atoms. The number of fused-ring (bicyclic) bond motifs is 1. The molecule has 0 radical (unpaired) electrons. The van der Waals surface area contributed by atoms with Crippen molar-refractivity contribution < 1.29 is 4.79 Å². The van der Waals surface area contributed by atoms with Gasteiger partial charge in [-0.25, -0.2) is 14.8 Å². The minimum Gasteiger partial charge on any atom is -0.339 e. The summed E-state index contributed by atoms with van der Waals surface area (Å²) in [4.78, 5) is 23.1. The highest BCUT2D eigenvalue weighted by Gasteiger charge is 2.25. The lowest BCUT2D eigenvalue weighted by Gasteiger charge is -2.17. The molecule has 3 aromatic rings. The van der Waals surface area contributed by atoms with Gasteiger partial charge in [-0.1, -0.05) is 36.4 Å². The van der Waals surface area contributed by atoms with E-state index in [1.54, 1.807) is 6.20 Å². The standard InChI is InChI=1S/C21H23N5O/c1-2-22-21(27)24-18-10-12-26(14-18)20-23-11-9-19(25-20)17-8-7-15-5-3-4-6-16(15)13-17/h3-9,11,13,18H,2,10,12,14H2,1H3,(H2,22,24,27)/t18-/m0/s1. The molecule has 1 aliphatic heterocycles. The Labute approximate surface area is 158 Å². The van der Waals surface area contributed by atoms with Crippen LogP contribution in [-0.2, 0) is 0 Å². The molecule has 6 heteroatoms. The van der Waals surface area contributed by atoms with Crippen molar-refractivity contribution in [2.24, 2.45) is 0 Å². The van der Waals surface area contributed by atoms with Crippen LogP contribution in [0.5, 0.6) is 0 Å². The lowest BCUT2D eigenvalue weighted by Crippen LogP contribution is -2.43. The molecule has 4 rings (SSSR count). The van der Waals surface area contributed by atoms with Crippen LogP contribution in [0.25, 0.3) is 22.0 Å². The van der Waals surface area contributed by atoms with E-state index in [0.29, 0.717) is 12.5 Å². The van der Waals surface area contributed by atoms with Crippen molar-refractivity contribution in [3.05, 3.63) is 54.7 Å². The van der Waals surface area contributed by atoms with Crippen LogP contribution in [0.4, 0.5) is 10.7 Å². The maximum absolute atomic E-state index is 11.7. The normalized spacial score (nSPS) is 16.5. The van der Waals surface area contributed by atoms with Crippen molar-refractivity contribution >= 4 is 22.8 Å². The van der Waals surface area contributed by atoms with E-state index in [0.717, 1.165) is 30.8 Å². The molecule has 0 unspecified atom stereocenters. The third-order valence-electron chi connectivity index (χ3n) is 4.83. The van der Waals surface area contributed by atoms with Gasteiger partial charge in [-0.05, 0) is 36.2 Å². The first-order chi connectivity index (χ1) is 13.2. The molecule has 1 atom stereocenters. The first-order valence-electron chi connectivity index (χ1n) is 9.34. The van der Waals surface area contributed by atoms with E-state index in [2.05, 4.69) is 50.8 Å². The van der Waals surface area contributed by atoms with Gasteiger partial charge in [0.2, 0.25) is 5.95 Å². The van der Waals surface area contributed by atoms with Gasteiger partial charge in [-0.15, -0.1) is 0 Å². The second kappa shape index (κ2) is 7.61. The Morgan fingerprint density at radius 2 is 2.04 bits per heavy atom. The number of anilines is 1. The van der Waals surface area contributed by atoms with E-state index in [-0.39, 0.29) is 12.1 Å². The van der Waals surface area contributed by atoms with Crippen molar-refractivity contribution in [3.63, 3.8) is 0 Å². The number of rotatable bonds is 4. The lowest BCUT2D eigenvalue weighted by atomic mass is 10.1. The number of aromatic nitrogens is 2. The molecule has 2 amide bonds. The minimum absolute atomic E-state index is 0.115. The van der Waals surface area contributed by atoms with E-state index < -0.39 is 0 Å². The zero-order valence-electron chi connectivity index (χ0n) is 15.4. The molecule has 6 nitrogen and oxygen atoms in total. The minimum atomic E-state index is -0.116. The molecule has 0 bridgehead atoms. The van der Waals surface area contributed by atoms with Gasteiger partial charge in [0.05, 0.1) is 5.69 Å². The van der Waals surface area contributed by atoms with Gasteiger partial charge in [-0.3, -0.25) is 0 Å². The van der Waals surface area contributed by atoms with Crippen molar-refractivity contribution in [3.8, 4) is 11.3 Å². The summed E-state index contributed by atoms with van der Waals surface area (Å²) in [5.41, 5.74) is 1.99. The Balaban J connectivity index is 1.51. The first kappa shape index (κ1) is 17.3. The Kier molecular flexibility index (Phi) is 4.87. The van der Waals surface area contributed by atoms with Gasteiger partial charge in [-0.2, -0.15) is 0 Å². The molecule has 2 aromatic carbocycles. The molecular formula is C21H23N5O. The van der Waals surface area contributed by atoms with Gasteiger partial charge >= 0.3 is 6.03 Å². The van der Waals surface area contributed by atoms with Crippen LogP contribution in [0.15, 0.2) is 54.7 Å². The second-order valence-electron chi connectivity index (χ2n) is 6.74. The molecule has 2 N–H and O–H groups in total. The maximum Gasteiger partial charge on any atom is 0.315 e. The molecule has 1 aliphatic rings. The number of nitrogens with zero attached hydrogens (tertiary/aromatic N) is 3. The van der Waals surface area contributed by atoms with Gasteiger partial charge < -0.3 is 15.5 Å². The van der Waals surface area contributed by atoms with Crippen molar-refractivity contribution in [1.82, 2.24) is 20.6 Å². The summed E-state index contributed by atoms with van der Waals surface area (Å²) in [6, 6.07) is 16.6. The second-order valence-corrected chi connectivity index (χ2v) is 6.74. The van der Waals surface area contributed by atoms with E-state index in [1.807, 2.05) is 25.1 Å². The van der Waals surface area contributed by atoms with Crippen LogP contribution in [0, 0.1) is 0 Å². The van der Waals surface area contributed by atoms with Crippen molar-refractivity contribution in [2.75, 3.05) is 24.5 Å². The Morgan fingerprint density at radius 3 is 2.89 bits per heavy atom. The summed E-state index contributed by atoms with van der Waals surface area (Å²) in [5.74, 6) is 0.709. The van der Waals surface area contributed by atoms with Crippen LogP contribution in [-0.4, -0.2) is 41.7 Å². The highest BCUT2D eigenvalue weighted by Crippen LogP contribution is 2.25. The Morgan fingerprint density at radius 1 is 1.19 bits per heavy atom. The molecule has 0 aliphatic carbocycles. The fourth-order valence-electron chi connectivity index (χ4n) is 3.47. The van der Waals surface area contributed by atoms with E-state index in [4.69, 9.17) is 4.98 Å². The summed E-state index contributed by atoms with van der Waals surface area (Å²) < 4.78 is 0. The Hall–Kier alpha value is -3.15. The number of benzene rings is 2. The van der Waals surface area contributed by atoms with Gasteiger partial charge in [0.25, 0.3) is 0 Å². The fourth-order valence-corrected chi connectivity index (χ4v) is 3.47. The van der Waals surface area contributed by atoms with Crippen LogP contribution in [0.1, 0.15) is 13.3 Å². The SMILES string of the molecule is CCNC(=O)N[C@H]1CCN(c2nccc(-c3ccc4ccccc4c3)n2)C1. The van der Waals surface area contributed by atoms with E-state index in [1.165, 1.54) is 10.8 Å². The van der Waals surface area contributed by atoms with E-state index in [9.17, 15) is 4.79 Å².